The number of nitrogens with one attached hydrogen (secondary N) is 1. The molecule has 1 atom stereocenters. The van der Waals surface area contributed by atoms with Gasteiger partial charge in [-0.15, -0.1) is 0 Å². The van der Waals surface area contributed by atoms with Gasteiger partial charge in [0.2, 0.25) is 5.60 Å². The molecule has 0 bridgehead atoms. The number of rotatable bonds is 6. The lowest BCUT2D eigenvalue weighted by atomic mass is 9.89. The minimum atomic E-state index is -1.24. The first kappa shape index (κ1) is 17.9. The van der Waals surface area contributed by atoms with E-state index in [1.807, 2.05) is 30.3 Å². The van der Waals surface area contributed by atoms with Crippen molar-refractivity contribution in [2.45, 2.75) is 18.4 Å². The van der Waals surface area contributed by atoms with E-state index in [0.29, 0.717) is 12.1 Å². The first-order valence-corrected chi connectivity index (χ1v) is 8.35. The Morgan fingerprint density at radius 3 is 2.65 bits per heavy atom. The zero-order valence-electron chi connectivity index (χ0n) is 13.8. The zero-order chi connectivity index (χ0) is 18.6. The van der Waals surface area contributed by atoms with E-state index in [4.69, 9.17) is 22.2 Å². The summed E-state index contributed by atoms with van der Waals surface area (Å²) < 4.78 is 0. The van der Waals surface area contributed by atoms with Crippen LogP contribution in [0.4, 0.5) is 0 Å². The Morgan fingerprint density at radius 1 is 1.19 bits per heavy atom. The van der Waals surface area contributed by atoms with Gasteiger partial charge in [0.05, 0.1) is 12.3 Å². The Morgan fingerprint density at radius 2 is 1.96 bits per heavy atom. The SMILES string of the molecule is NC(=O)C1(Cc2ccccc2)CC(CNC(=O)c2cccc(Cl)n2)=NO1. The third kappa shape index (κ3) is 4.00. The summed E-state index contributed by atoms with van der Waals surface area (Å²) in [6.45, 7) is 0.122. The van der Waals surface area contributed by atoms with E-state index in [1.54, 1.807) is 18.2 Å². The van der Waals surface area contributed by atoms with Crippen molar-refractivity contribution >= 4 is 29.1 Å². The van der Waals surface area contributed by atoms with Crippen molar-refractivity contribution in [2.75, 3.05) is 6.54 Å². The van der Waals surface area contributed by atoms with E-state index in [0.717, 1.165) is 5.56 Å². The minimum Gasteiger partial charge on any atom is -0.378 e. The number of nitrogens with two attached hydrogens (primary N) is 1. The lowest BCUT2D eigenvalue weighted by molar-refractivity contribution is -0.140. The summed E-state index contributed by atoms with van der Waals surface area (Å²) in [5, 5.41) is 6.86. The van der Waals surface area contributed by atoms with Crippen LogP contribution in [-0.4, -0.2) is 34.7 Å². The second kappa shape index (κ2) is 7.53. The number of hydrogen-bond donors (Lipinski definition) is 2. The lowest BCUT2D eigenvalue weighted by Gasteiger charge is -2.22. The molecule has 0 fully saturated rings. The fraction of sp³-hybridized carbons (Fsp3) is 0.222. The highest BCUT2D eigenvalue weighted by molar-refractivity contribution is 6.29. The molecule has 3 rings (SSSR count). The Kier molecular flexibility index (Phi) is 5.18. The van der Waals surface area contributed by atoms with Crippen LogP contribution in [0.1, 0.15) is 22.5 Å². The molecule has 26 heavy (non-hydrogen) atoms. The molecule has 0 saturated carbocycles. The molecule has 1 aromatic heterocycles. The van der Waals surface area contributed by atoms with Crippen LogP contribution in [-0.2, 0) is 16.1 Å². The molecule has 2 aromatic rings. The van der Waals surface area contributed by atoms with Gasteiger partial charge in [0.1, 0.15) is 10.8 Å². The molecule has 1 aliphatic rings. The van der Waals surface area contributed by atoms with E-state index >= 15 is 0 Å². The van der Waals surface area contributed by atoms with E-state index < -0.39 is 17.4 Å². The van der Waals surface area contributed by atoms with Gasteiger partial charge >= 0.3 is 0 Å². The van der Waals surface area contributed by atoms with Crippen LogP contribution < -0.4 is 11.1 Å². The van der Waals surface area contributed by atoms with Crippen molar-refractivity contribution < 1.29 is 14.4 Å². The molecule has 1 unspecified atom stereocenters. The van der Waals surface area contributed by atoms with Gasteiger partial charge in [0.15, 0.2) is 0 Å². The van der Waals surface area contributed by atoms with Crippen molar-refractivity contribution in [1.82, 2.24) is 10.3 Å². The molecule has 2 heterocycles. The zero-order valence-corrected chi connectivity index (χ0v) is 14.6. The van der Waals surface area contributed by atoms with E-state index in [2.05, 4.69) is 15.5 Å². The Bertz CT molecular complexity index is 857. The molecule has 0 radical (unpaired) electrons. The van der Waals surface area contributed by atoms with Crippen LogP contribution in [0.5, 0.6) is 0 Å². The molecule has 0 spiro atoms. The summed E-state index contributed by atoms with van der Waals surface area (Å²) in [5.41, 5.74) is 5.95. The number of pyridine rings is 1. The van der Waals surface area contributed by atoms with Gasteiger partial charge in [0.25, 0.3) is 11.8 Å². The van der Waals surface area contributed by atoms with Crippen molar-refractivity contribution in [3.05, 3.63) is 64.9 Å². The highest BCUT2D eigenvalue weighted by atomic mass is 35.5. The summed E-state index contributed by atoms with van der Waals surface area (Å²) in [7, 11) is 0. The number of carbonyl (C=O) groups is 2. The Labute approximate surface area is 155 Å². The predicted octanol–water partition coefficient (Wildman–Crippen LogP) is 1.71. The van der Waals surface area contributed by atoms with Crippen LogP contribution in [0.15, 0.2) is 53.7 Å². The van der Waals surface area contributed by atoms with Crippen LogP contribution in [0.2, 0.25) is 5.15 Å². The van der Waals surface area contributed by atoms with Gasteiger partial charge < -0.3 is 15.9 Å². The molecule has 2 amide bonds. The number of benzene rings is 1. The second-order valence-electron chi connectivity index (χ2n) is 5.97. The normalized spacial score (nSPS) is 18.7. The summed E-state index contributed by atoms with van der Waals surface area (Å²) in [5.74, 6) is -0.988. The maximum Gasteiger partial charge on any atom is 0.270 e. The molecular weight excluding hydrogens is 356 g/mol. The van der Waals surface area contributed by atoms with Crippen molar-refractivity contribution in [2.24, 2.45) is 10.9 Å². The highest BCUT2D eigenvalue weighted by Gasteiger charge is 2.45. The molecule has 3 N–H and O–H groups in total. The Hall–Kier alpha value is -2.93. The number of primary amides is 1. The van der Waals surface area contributed by atoms with Crippen LogP contribution in [0, 0.1) is 0 Å². The molecule has 134 valence electrons. The number of nitrogens with zero attached hydrogens (tertiary/aromatic N) is 2. The van der Waals surface area contributed by atoms with Crippen LogP contribution in [0.3, 0.4) is 0 Å². The number of carbonyl (C=O) groups excluding carboxylic acids is 2. The van der Waals surface area contributed by atoms with Crippen LogP contribution >= 0.6 is 11.6 Å². The largest absolute Gasteiger partial charge is 0.378 e. The average molecular weight is 373 g/mol. The monoisotopic (exact) mass is 372 g/mol. The third-order valence-electron chi connectivity index (χ3n) is 4.02. The van der Waals surface area contributed by atoms with Gasteiger partial charge in [-0.25, -0.2) is 4.98 Å². The number of hydrogen-bond acceptors (Lipinski definition) is 5. The predicted molar refractivity (Wildman–Crippen MR) is 96.8 cm³/mol. The smallest absolute Gasteiger partial charge is 0.270 e. The van der Waals surface area contributed by atoms with Crippen molar-refractivity contribution in [3.8, 4) is 0 Å². The van der Waals surface area contributed by atoms with Gasteiger partial charge in [-0.05, 0) is 17.7 Å². The number of halogens is 1. The number of aromatic nitrogens is 1. The third-order valence-corrected chi connectivity index (χ3v) is 4.23. The molecule has 0 aliphatic carbocycles. The summed E-state index contributed by atoms with van der Waals surface area (Å²) in [6, 6.07) is 14.2. The van der Waals surface area contributed by atoms with Gasteiger partial charge in [-0.2, -0.15) is 0 Å². The molecule has 1 aromatic carbocycles. The molecular formula is C18H17ClN4O3. The van der Waals surface area contributed by atoms with Gasteiger partial charge in [0, 0.05) is 12.8 Å². The molecule has 0 saturated heterocycles. The van der Waals surface area contributed by atoms with Crippen molar-refractivity contribution in [3.63, 3.8) is 0 Å². The van der Waals surface area contributed by atoms with Gasteiger partial charge in [-0.1, -0.05) is 53.2 Å². The van der Waals surface area contributed by atoms with Crippen molar-refractivity contribution in [1.29, 1.82) is 0 Å². The minimum absolute atomic E-state index is 0.122. The lowest BCUT2D eigenvalue weighted by Crippen LogP contribution is -2.46. The fourth-order valence-corrected chi connectivity index (χ4v) is 2.85. The number of oxime groups is 1. The average Bonchev–Trinajstić information content (AvgIpc) is 3.05. The van der Waals surface area contributed by atoms with Crippen LogP contribution in [0.25, 0.3) is 0 Å². The first-order chi connectivity index (χ1) is 12.5. The molecule has 1 aliphatic heterocycles. The van der Waals surface area contributed by atoms with Gasteiger partial charge in [-0.3, -0.25) is 9.59 Å². The summed E-state index contributed by atoms with van der Waals surface area (Å²) >= 11 is 5.78. The maximum absolute atomic E-state index is 12.1. The van der Waals surface area contributed by atoms with E-state index in [9.17, 15) is 9.59 Å². The molecule has 8 heteroatoms. The topological polar surface area (TPSA) is 107 Å². The van der Waals surface area contributed by atoms with E-state index in [-0.39, 0.29) is 23.8 Å². The molecule has 7 nitrogen and oxygen atoms in total. The van der Waals surface area contributed by atoms with E-state index in [1.165, 1.54) is 0 Å². The Balaban J connectivity index is 1.62. The quantitative estimate of drug-likeness (QED) is 0.752. The maximum atomic E-state index is 12.1. The standard InChI is InChI=1S/C18H17ClN4O3/c19-15-8-4-7-14(22-15)16(24)21-11-13-10-18(17(20)25,26-23-13)9-12-5-2-1-3-6-12/h1-8H,9-11H2,(H2,20,25)(H,21,24). The second-order valence-corrected chi connectivity index (χ2v) is 6.36. The first-order valence-electron chi connectivity index (χ1n) is 7.97. The number of amides is 2. The summed E-state index contributed by atoms with van der Waals surface area (Å²) in [6.07, 6.45) is 0.514. The highest BCUT2D eigenvalue weighted by Crippen LogP contribution is 2.28. The summed E-state index contributed by atoms with van der Waals surface area (Å²) in [4.78, 5) is 33.4. The fourth-order valence-electron chi connectivity index (χ4n) is 2.69.